The van der Waals surface area contributed by atoms with Crippen LogP contribution in [-0.2, 0) is 0 Å². The zero-order valence-corrected chi connectivity index (χ0v) is 15.3. The SMILES string of the molecule is CN(C)C(=O)Oc1ccc2cc(C3CCCCN3C)ccc2c1.Cl. The fourth-order valence-corrected chi connectivity index (χ4v) is 3.20. The first-order chi connectivity index (χ1) is 11.0. The van der Waals surface area contributed by atoms with Crippen molar-refractivity contribution in [2.45, 2.75) is 25.3 Å². The maximum Gasteiger partial charge on any atom is 0.414 e. The van der Waals surface area contributed by atoms with Crippen LogP contribution in [0.25, 0.3) is 10.8 Å². The molecule has 0 spiro atoms. The molecule has 0 N–H and O–H groups in total. The Morgan fingerprint density at radius 2 is 1.83 bits per heavy atom. The van der Waals surface area contributed by atoms with E-state index < -0.39 is 0 Å². The number of carbonyl (C=O) groups is 1. The molecule has 1 heterocycles. The fraction of sp³-hybridized carbons (Fsp3) is 0.421. The van der Waals surface area contributed by atoms with E-state index in [-0.39, 0.29) is 18.5 Å². The molecule has 0 bridgehead atoms. The van der Waals surface area contributed by atoms with Gasteiger partial charge in [-0.05, 0) is 61.0 Å². The Labute approximate surface area is 149 Å². The van der Waals surface area contributed by atoms with Gasteiger partial charge in [0, 0.05) is 20.1 Å². The summed E-state index contributed by atoms with van der Waals surface area (Å²) in [6.45, 7) is 1.17. The number of likely N-dealkylation sites (tertiary alicyclic amines) is 1. The van der Waals surface area contributed by atoms with Crippen LogP contribution in [0.2, 0.25) is 0 Å². The number of benzene rings is 2. The molecule has 2 aromatic rings. The number of nitrogens with zero attached hydrogens (tertiary/aromatic N) is 2. The van der Waals surface area contributed by atoms with Gasteiger partial charge in [-0.3, -0.25) is 4.90 Å². The van der Waals surface area contributed by atoms with Crippen molar-refractivity contribution in [3.8, 4) is 5.75 Å². The second-order valence-electron chi connectivity index (χ2n) is 6.52. The van der Waals surface area contributed by atoms with E-state index >= 15 is 0 Å². The highest BCUT2D eigenvalue weighted by Crippen LogP contribution is 2.32. The Bertz CT molecular complexity index is 718. The quantitative estimate of drug-likeness (QED) is 0.802. The highest BCUT2D eigenvalue weighted by Gasteiger charge is 2.20. The van der Waals surface area contributed by atoms with Crippen molar-refractivity contribution in [1.82, 2.24) is 9.80 Å². The summed E-state index contributed by atoms with van der Waals surface area (Å²) in [6.07, 6.45) is 3.46. The molecule has 1 unspecified atom stereocenters. The number of halogens is 1. The minimum absolute atomic E-state index is 0. The molecule has 130 valence electrons. The standard InChI is InChI=1S/C19H24N2O2.ClH/c1-20(2)19(22)23-17-10-9-14-12-16(8-7-15(14)13-17)18-6-4-5-11-21(18)3;/h7-10,12-13,18H,4-6,11H2,1-3H3;1H. The zero-order chi connectivity index (χ0) is 16.4. The van der Waals surface area contributed by atoms with E-state index in [0.717, 1.165) is 5.39 Å². The number of rotatable bonds is 2. The first-order valence-corrected chi connectivity index (χ1v) is 8.18. The Morgan fingerprint density at radius 1 is 1.12 bits per heavy atom. The molecule has 0 saturated carbocycles. The van der Waals surface area contributed by atoms with Gasteiger partial charge >= 0.3 is 6.09 Å². The smallest absolute Gasteiger partial charge is 0.410 e. The van der Waals surface area contributed by atoms with Gasteiger partial charge < -0.3 is 9.64 Å². The lowest BCUT2D eigenvalue weighted by atomic mass is 9.94. The first-order valence-electron chi connectivity index (χ1n) is 8.18. The van der Waals surface area contributed by atoms with Crippen molar-refractivity contribution in [2.75, 3.05) is 27.7 Å². The van der Waals surface area contributed by atoms with Crippen LogP contribution in [0.4, 0.5) is 4.79 Å². The van der Waals surface area contributed by atoms with Gasteiger partial charge in [-0.25, -0.2) is 4.79 Å². The van der Waals surface area contributed by atoms with Crippen LogP contribution in [0.5, 0.6) is 5.75 Å². The number of hydrogen-bond donors (Lipinski definition) is 0. The summed E-state index contributed by atoms with van der Waals surface area (Å²) in [5, 5.41) is 2.28. The monoisotopic (exact) mass is 348 g/mol. The van der Waals surface area contributed by atoms with Crippen molar-refractivity contribution >= 4 is 29.3 Å². The maximum absolute atomic E-state index is 11.6. The second-order valence-corrected chi connectivity index (χ2v) is 6.52. The molecule has 0 aromatic heterocycles. The largest absolute Gasteiger partial charge is 0.414 e. The maximum atomic E-state index is 11.6. The molecule has 4 nitrogen and oxygen atoms in total. The number of carbonyl (C=O) groups excluding carboxylic acids is 1. The molecule has 1 fully saturated rings. The molecule has 1 aliphatic rings. The highest BCUT2D eigenvalue weighted by molar-refractivity contribution is 5.86. The third-order valence-corrected chi connectivity index (χ3v) is 4.56. The average molecular weight is 349 g/mol. The lowest BCUT2D eigenvalue weighted by Gasteiger charge is -2.33. The van der Waals surface area contributed by atoms with Gasteiger partial charge in [-0.15, -0.1) is 12.4 Å². The first kappa shape index (κ1) is 18.6. The van der Waals surface area contributed by atoms with Gasteiger partial charge in [-0.2, -0.15) is 0 Å². The van der Waals surface area contributed by atoms with E-state index in [1.165, 1.54) is 41.7 Å². The predicted molar refractivity (Wildman–Crippen MR) is 100 cm³/mol. The van der Waals surface area contributed by atoms with Gasteiger partial charge in [-0.1, -0.05) is 24.6 Å². The van der Waals surface area contributed by atoms with Crippen LogP contribution >= 0.6 is 12.4 Å². The van der Waals surface area contributed by atoms with E-state index in [4.69, 9.17) is 4.74 Å². The van der Waals surface area contributed by atoms with E-state index in [2.05, 4.69) is 30.1 Å². The third kappa shape index (κ3) is 4.00. The molecule has 2 aromatic carbocycles. The molecule has 1 aliphatic heterocycles. The van der Waals surface area contributed by atoms with Crippen molar-refractivity contribution < 1.29 is 9.53 Å². The summed E-state index contributed by atoms with van der Waals surface area (Å²) in [5.41, 5.74) is 1.37. The van der Waals surface area contributed by atoms with E-state index in [1.807, 2.05) is 18.2 Å². The molecule has 0 radical (unpaired) electrons. The van der Waals surface area contributed by atoms with Crippen LogP contribution in [-0.4, -0.2) is 43.6 Å². The third-order valence-electron chi connectivity index (χ3n) is 4.56. The molecule has 1 atom stereocenters. The summed E-state index contributed by atoms with van der Waals surface area (Å²) in [6, 6.07) is 12.9. The molecule has 1 amide bonds. The molecular formula is C19H25ClN2O2. The van der Waals surface area contributed by atoms with Gasteiger partial charge in [0.05, 0.1) is 0 Å². The summed E-state index contributed by atoms with van der Waals surface area (Å²) in [4.78, 5) is 15.5. The van der Waals surface area contributed by atoms with Gasteiger partial charge in [0.25, 0.3) is 0 Å². The van der Waals surface area contributed by atoms with Crippen molar-refractivity contribution in [3.05, 3.63) is 42.0 Å². The van der Waals surface area contributed by atoms with Gasteiger partial charge in [0.15, 0.2) is 0 Å². The zero-order valence-electron chi connectivity index (χ0n) is 14.5. The predicted octanol–water partition coefficient (Wildman–Crippen LogP) is 4.48. The Morgan fingerprint density at radius 3 is 2.54 bits per heavy atom. The van der Waals surface area contributed by atoms with Crippen LogP contribution in [0, 0.1) is 0 Å². The lowest BCUT2D eigenvalue weighted by Crippen LogP contribution is -2.29. The number of piperidine rings is 1. The van der Waals surface area contributed by atoms with Crippen LogP contribution in [0.3, 0.4) is 0 Å². The summed E-state index contributed by atoms with van der Waals surface area (Å²) in [5.74, 6) is 0.582. The van der Waals surface area contributed by atoms with Gasteiger partial charge in [0.2, 0.25) is 0 Å². The topological polar surface area (TPSA) is 32.8 Å². The second kappa shape index (κ2) is 7.86. The summed E-state index contributed by atoms with van der Waals surface area (Å²) in [7, 11) is 5.56. The average Bonchev–Trinajstić information content (AvgIpc) is 2.54. The molecule has 1 saturated heterocycles. The van der Waals surface area contributed by atoms with Crippen LogP contribution < -0.4 is 4.74 Å². The Hall–Kier alpha value is -1.78. The minimum Gasteiger partial charge on any atom is -0.410 e. The Balaban J connectivity index is 0.00000208. The van der Waals surface area contributed by atoms with E-state index in [0.29, 0.717) is 11.8 Å². The lowest BCUT2D eigenvalue weighted by molar-refractivity contribution is 0.172. The number of hydrogen-bond acceptors (Lipinski definition) is 3. The van der Waals surface area contributed by atoms with Gasteiger partial charge in [0.1, 0.15) is 5.75 Å². The summed E-state index contributed by atoms with van der Waals surface area (Å²) >= 11 is 0. The van der Waals surface area contributed by atoms with E-state index in [1.54, 1.807) is 14.1 Å². The molecule has 0 aliphatic carbocycles. The molecule has 24 heavy (non-hydrogen) atoms. The van der Waals surface area contributed by atoms with Crippen molar-refractivity contribution in [2.24, 2.45) is 0 Å². The Kier molecular flexibility index (Phi) is 6.08. The van der Waals surface area contributed by atoms with Crippen LogP contribution in [0.1, 0.15) is 30.9 Å². The fourth-order valence-electron chi connectivity index (χ4n) is 3.20. The minimum atomic E-state index is -0.357. The number of ether oxygens (including phenoxy) is 1. The highest BCUT2D eigenvalue weighted by atomic mass is 35.5. The number of fused-ring (bicyclic) bond motifs is 1. The van der Waals surface area contributed by atoms with Crippen molar-refractivity contribution in [1.29, 1.82) is 0 Å². The van der Waals surface area contributed by atoms with Crippen LogP contribution in [0.15, 0.2) is 36.4 Å². The van der Waals surface area contributed by atoms with Crippen molar-refractivity contribution in [3.63, 3.8) is 0 Å². The molecule has 3 rings (SSSR count). The summed E-state index contributed by atoms with van der Waals surface area (Å²) < 4.78 is 5.33. The number of amides is 1. The van der Waals surface area contributed by atoms with E-state index in [9.17, 15) is 4.79 Å². The normalized spacial score (nSPS) is 18.0. The molecule has 5 heteroatoms. The molecular weight excluding hydrogens is 324 g/mol.